The lowest BCUT2D eigenvalue weighted by atomic mass is 10.1. The topological polar surface area (TPSA) is 29.5 Å². The Labute approximate surface area is 110 Å². The minimum atomic E-state index is 0.360. The summed E-state index contributed by atoms with van der Waals surface area (Å²) < 4.78 is 5.28. The predicted octanol–water partition coefficient (Wildman–Crippen LogP) is 2.64. The number of carbonyl (C=O) groups is 1. The molecular weight excluding hydrogens is 261 g/mol. The van der Waals surface area contributed by atoms with Gasteiger partial charge in [-0.3, -0.25) is 9.69 Å². The molecule has 3 nitrogen and oxygen atoms in total. The zero-order valence-corrected chi connectivity index (χ0v) is 10.8. The van der Waals surface area contributed by atoms with Crippen LogP contribution in [0.3, 0.4) is 0 Å². The van der Waals surface area contributed by atoms with Gasteiger partial charge in [-0.2, -0.15) is 0 Å². The molecule has 0 aliphatic carbocycles. The van der Waals surface area contributed by atoms with Gasteiger partial charge in [-0.15, -0.1) is 0 Å². The Kier molecular flexibility index (Phi) is 4.40. The molecule has 0 aromatic heterocycles. The number of hydrogen-bond acceptors (Lipinski definition) is 3. The summed E-state index contributed by atoms with van der Waals surface area (Å²) in [4.78, 5) is 13.0. The number of hydrogen-bond donors (Lipinski definition) is 0. The number of ether oxygens (including phenoxy) is 1. The summed E-state index contributed by atoms with van der Waals surface area (Å²) in [5.41, 5.74) is 1.38. The monoisotopic (exact) mass is 273 g/mol. The first kappa shape index (κ1) is 12.8. The van der Waals surface area contributed by atoms with Gasteiger partial charge in [-0.25, -0.2) is 0 Å². The molecular formula is C12H13Cl2NO2. The third-order valence-electron chi connectivity index (χ3n) is 2.77. The van der Waals surface area contributed by atoms with Crippen LogP contribution in [0.4, 0.5) is 0 Å². The first-order valence-electron chi connectivity index (χ1n) is 5.44. The molecule has 1 saturated heterocycles. The van der Waals surface area contributed by atoms with Crippen LogP contribution in [-0.4, -0.2) is 37.5 Å². The molecule has 1 fully saturated rings. The lowest BCUT2D eigenvalue weighted by molar-refractivity contribution is 0.0342. The Morgan fingerprint density at radius 1 is 1.24 bits per heavy atom. The Morgan fingerprint density at radius 2 is 1.82 bits per heavy atom. The van der Waals surface area contributed by atoms with Crippen molar-refractivity contribution < 1.29 is 9.53 Å². The number of morpholine rings is 1. The summed E-state index contributed by atoms with van der Waals surface area (Å²) in [5.74, 6) is 0. The van der Waals surface area contributed by atoms with Gasteiger partial charge in [0, 0.05) is 19.6 Å². The molecule has 0 N–H and O–H groups in total. The number of halogens is 2. The maximum absolute atomic E-state index is 10.8. The molecule has 1 aromatic carbocycles. The van der Waals surface area contributed by atoms with E-state index < -0.39 is 0 Å². The highest BCUT2D eigenvalue weighted by atomic mass is 35.5. The second-order valence-corrected chi connectivity index (χ2v) is 4.79. The van der Waals surface area contributed by atoms with Crippen LogP contribution in [0, 0.1) is 0 Å². The van der Waals surface area contributed by atoms with E-state index in [4.69, 9.17) is 27.9 Å². The van der Waals surface area contributed by atoms with Crippen LogP contribution >= 0.6 is 23.2 Å². The molecule has 5 heteroatoms. The van der Waals surface area contributed by atoms with E-state index in [1.807, 2.05) is 0 Å². The Bertz CT molecular complexity index is 394. The van der Waals surface area contributed by atoms with Crippen molar-refractivity contribution in [3.8, 4) is 0 Å². The smallest absolute Gasteiger partial charge is 0.153 e. The molecule has 0 spiro atoms. The van der Waals surface area contributed by atoms with Crippen LogP contribution in [0.15, 0.2) is 12.1 Å². The van der Waals surface area contributed by atoms with Gasteiger partial charge in [0.1, 0.15) is 0 Å². The second kappa shape index (κ2) is 5.83. The minimum absolute atomic E-state index is 0.360. The van der Waals surface area contributed by atoms with E-state index in [0.29, 0.717) is 21.9 Å². The normalized spacial score (nSPS) is 17.1. The maximum Gasteiger partial charge on any atom is 0.153 e. The SMILES string of the molecule is O=Cc1c(Cl)cc(CN2CCOCC2)cc1Cl. The lowest BCUT2D eigenvalue weighted by Crippen LogP contribution is -2.35. The Morgan fingerprint density at radius 3 is 2.35 bits per heavy atom. The van der Waals surface area contributed by atoms with Gasteiger partial charge < -0.3 is 4.74 Å². The van der Waals surface area contributed by atoms with E-state index >= 15 is 0 Å². The molecule has 0 radical (unpaired) electrons. The minimum Gasteiger partial charge on any atom is -0.379 e. The van der Waals surface area contributed by atoms with Crippen molar-refractivity contribution in [3.63, 3.8) is 0 Å². The van der Waals surface area contributed by atoms with Gasteiger partial charge in [-0.05, 0) is 17.7 Å². The molecule has 2 rings (SSSR count). The van der Waals surface area contributed by atoms with E-state index in [1.54, 1.807) is 12.1 Å². The number of carbonyl (C=O) groups excluding carboxylic acids is 1. The van der Waals surface area contributed by atoms with Crippen molar-refractivity contribution in [2.24, 2.45) is 0 Å². The summed E-state index contributed by atoms with van der Waals surface area (Å²) in [7, 11) is 0. The highest BCUT2D eigenvalue weighted by Crippen LogP contribution is 2.25. The van der Waals surface area contributed by atoms with Gasteiger partial charge in [0.2, 0.25) is 0 Å². The van der Waals surface area contributed by atoms with E-state index in [9.17, 15) is 4.79 Å². The van der Waals surface area contributed by atoms with Crippen molar-refractivity contribution in [2.45, 2.75) is 6.54 Å². The lowest BCUT2D eigenvalue weighted by Gasteiger charge is -2.26. The van der Waals surface area contributed by atoms with Gasteiger partial charge in [0.25, 0.3) is 0 Å². The standard InChI is InChI=1S/C12H13Cl2NO2/c13-11-5-9(6-12(14)10(11)8-16)7-15-1-3-17-4-2-15/h5-6,8H,1-4,7H2. The summed E-state index contributed by atoms with van der Waals surface area (Å²) >= 11 is 12.0. The molecule has 0 atom stereocenters. The molecule has 17 heavy (non-hydrogen) atoms. The third-order valence-corrected chi connectivity index (χ3v) is 3.39. The molecule has 92 valence electrons. The highest BCUT2D eigenvalue weighted by Gasteiger charge is 2.13. The van der Waals surface area contributed by atoms with Crippen LogP contribution in [0.5, 0.6) is 0 Å². The zero-order chi connectivity index (χ0) is 12.3. The van der Waals surface area contributed by atoms with Crippen LogP contribution in [0.25, 0.3) is 0 Å². The van der Waals surface area contributed by atoms with Gasteiger partial charge >= 0.3 is 0 Å². The molecule has 0 bridgehead atoms. The fourth-order valence-electron chi connectivity index (χ4n) is 1.86. The van der Waals surface area contributed by atoms with E-state index in [2.05, 4.69) is 4.90 Å². The van der Waals surface area contributed by atoms with Crippen molar-refractivity contribution in [2.75, 3.05) is 26.3 Å². The Balaban J connectivity index is 2.13. The molecule has 1 aliphatic heterocycles. The third kappa shape index (κ3) is 3.19. The first-order chi connectivity index (χ1) is 8.20. The molecule has 1 aromatic rings. The summed E-state index contributed by atoms with van der Waals surface area (Å²) in [6.45, 7) is 4.11. The van der Waals surface area contributed by atoms with Crippen LogP contribution in [0.1, 0.15) is 15.9 Å². The first-order valence-corrected chi connectivity index (χ1v) is 6.19. The zero-order valence-electron chi connectivity index (χ0n) is 9.29. The number of benzene rings is 1. The van der Waals surface area contributed by atoms with E-state index in [0.717, 1.165) is 38.4 Å². The predicted molar refractivity (Wildman–Crippen MR) is 67.9 cm³/mol. The fourth-order valence-corrected chi connectivity index (χ4v) is 2.48. The molecule has 0 unspecified atom stereocenters. The second-order valence-electron chi connectivity index (χ2n) is 3.98. The quantitative estimate of drug-likeness (QED) is 0.793. The van der Waals surface area contributed by atoms with E-state index in [1.165, 1.54) is 0 Å². The maximum atomic E-state index is 10.8. The van der Waals surface area contributed by atoms with Crippen molar-refractivity contribution in [1.29, 1.82) is 0 Å². The van der Waals surface area contributed by atoms with Gasteiger partial charge in [-0.1, -0.05) is 23.2 Å². The Hall–Kier alpha value is -0.610. The van der Waals surface area contributed by atoms with Gasteiger partial charge in [0.05, 0.1) is 28.8 Å². The van der Waals surface area contributed by atoms with Crippen molar-refractivity contribution in [3.05, 3.63) is 33.3 Å². The largest absolute Gasteiger partial charge is 0.379 e. The molecule has 0 amide bonds. The van der Waals surface area contributed by atoms with Crippen molar-refractivity contribution >= 4 is 29.5 Å². The van der Waals surface area contributed by atoms with Gasteiger partial charge in [0.15, 0.2) is 6.29 Å². The highest BCUT2D eigenvalue weighted by molar-refractivity contribution is 6.38. The number of rotatable bonds is 3. The number of nitrogens with zero attached hydrogens (tertiary/aromatic N) is 1. The van der Waals surface area contributed by atoms with Crippen LogP contribution in [-0.2, 0) is 11.3 Å². The van der Waals surface area contributed by atoms with Crippen LogP contribution < -0.4 is 0 Å². The molecule has 1 aliphatic rings. The average Bonchev–Trinajstić information content (AvgIpc) is 2.30. The fraction of sp³-hybridized carbons (Fsp3) is 0.417. The summed E-state index contributed by atoms with van der Waals surface area (Å²) in [5, 5.41) is 0.825. The molecule has 1 heterocycles. The van der Waals surface area contributed by atoms with Crippen molar-refractivity contribution in [1.82, 2.24) is 4.90 Å². The molecule has 0 saturated carbocycles. The summed E-state index contributed by atoms with van der Waals surface area (Å²) in [6, 6.07) is 3.60. The average molecular weight is 274 g/mol. The van der Waals surface area contributed by atoms with Crippen LogP contribution in [0.2, 0.25) is 10.0 Å². The summed E-state index contributed by atoms with van der Waals surface area (Å²) in [6.07, 6.45) is 0.684. The number of aldehydes is 1. The van der Waals surface area contributed by atoms with E-state index in [-0.39, 0.29) is 0 Å².